The van der Waals surface area contributed by atoms with Crippen LogP contribution >= 0.6 is 0 Å². The van der Waals surface area contributed by atoms with Gasteiger partial charge in [-0.05, 0) is 60.3 Å². The number of urea groups is 1. The van der Waals surface area contributed by atoms with E-state index in [1.807, 2.05) is 43.3 Å². The summed E-state index contributed by atoms with van der Waals surface area (Å²) < 4.78 is 13.1. The number of carbonyl (C=O) groups excluding carboxylic acids is 1. The van der Waals surface area contributed by atoms with Crippen molar-refractivity contribution in [3.8, 4) is 0 Å². The van der Waals surface area contributed by atoms with Crippen molar-refractivity contribution in [1.29, 1.82) is 0 Å². The van der Waals surface area contributed by atoms with Gasteiger partial charge in [0.15, 0.2) is 6.29 Å². The summed E-state index contributed by atoms with van der Waals surface area (Å²) in [6, 6.07) is 16.1. The van der Waals surface area contributed by atoms with Gasteiger partial charge in [-0.3, -0.25) is 4.90 Å². The van der Waals surface area contributed by atoms with Crippen LogP contribution in [0.3, 0.4) is 0 Å². The molecule has 2 bridgehead atoms. The summed E-state index contributed by atoms with van der Waals surface area (Å²) in [7, 11) is 0. The van der Waals surface area contributed by atoms with E-state index in [1.54, 1.807) is 0 Å². The summed E-state index contributed by atoms with van der Waals surface area (Å²) in [6.07, 6.45) is 4.01. The first-order valence-electron chi connectivity index (χ1n) is 14.0. The molecule has 5 rings (SSSR count). The molecule has 2 aromatic carbocycles. The van der Waals surface area contributed by atoms with E-state index in [9.17, 15) is 9.90 Å². The third-order valence-corrected chi connectivity index (χ3v) is 8.35. The lowest BCUT2D eigenvalue weighted by Gasteiger charge is -2.41. The lowest BCUT2D eigenvalue weighted by atomic mass is 9.65. The summed E-state index contributed by atoms with van der Waals surface area (Å²) in [5.41, 5.74) is 4.41. The number of carbonyl (C=O) groups is 1. The van der Waals surface area contributed by atoms with Crippen LogP contribution in [0.15, 0.2) is 48.5 Å². The smallest absolute Gasteiger partial charge is 0.319 e. The molecule has 5 unspecified atom stereocenters. The van der Waals surface area contributed by atoms with Gasteiger partial charge in [-0.1, -0.05) is 57.2 Å². The predicted octanol–water partition coefficient (Wildman–Crippen LogP) is 5.77. The molecule has 0 spiro atoms. The van der Waals surface area contributed by atoms with Gasteiger partial charge in [0.1, 0.15) is 0 Å². The molecule has 7 heteroatoms. The number of amides is 2. The second kappa shape index (κ2) is 11.0. The van der Waals surface area contributed by atoms with Gasteiger partial charge in [0, 0.05) is 43.3 Å². The van der Waals surface area contributed by atoms with E-state index in [0.717, 1.165) is 41.9 Å². The minimum absolute atomic E-state index is 0.0301. The van der Waals surface area contributed by atoms with E-state index < -0.39 is 6.29 Å². The Bertz CT molecular complexity index is 1100. The van der Waals surface area contributed by atoms with Crippen molar-refractivity contribution in [3.05, 3.63) is 65.2 Å². The molecule has 0 radical (unpaired) electrons. The average molecular weight is 522 g/mol. The molecule has 3 fully saturated rings. The predicted molar refractivity (Wildman–Crippen MR) is 149 cm³/mol. The van der Waals surface area contributed by atoms with Crippen LogP contribution in [0.4, 0.5) is 10.5 Å². The third-order valence-electron chi connectivity index (χ3n) is 8.35. The van der Waals surface area contributed by atoms with E-state index in [0.29, 0.717) is 23.4 Å². The summed E-state index contributed by atoms with van der Waals surface area (Å²) in [4.78, 5) is 14.6. The number of aliphatic hydroxyl groups excluding tert-OH is 1. The molecule has 0 aromatic heterocycles. The molecular formula is C31H43N3O4. The fourth-order valence-corrected chi connectivity index (χ4v) is 7.14. The number of ether oxygens (including phenoxy) is 2. The highest BCUT2D eigenvalue weighted by Crippen LogP contribution is 2.53. The van der Waals surface area contributed by atoms with Gasteiger partial charge >= 0.3 is 6.03 Å². The normalized spacial score (nSPS) is 30.7. The molecule has 2 saturated heterocycles. The molecule has 7 nitrogen and oxygen atoms in total. The molecule has 1 saturated carbocycles. The third kappa shape index (κ3) is 6.23. The Morgan fingerprint density at radius 2 is 1.74 bits per heavy atom. The zero-order valence-electron chi connectivity index (χ0n) is 23.2. The first kappa shape index (κ1) is 27.1. The minimum Gasteiger partial charge on any atom is -0.392 e. The Morgan fingerprint density at radius 1 is 1.03 bits per heavy atom. The van der Waals surface area contributed by atoms with Crippen LogP contribution in [0.25, 0.3) is 0 Å². The average Bonchev–Trinajstić information content (AvgIpc) is 3.11. The van der Waals surface area contributed by atoms with Gasteiger partial charge in [0.05, 0.1) is 18.8 Å². The first-order chi connectivity index (χ1) is 18.1. The molecule has 38 heavy (non-hydrogen) atoms. The monoisotopic (exact) mass is 521 g/mol. The lowest BCUT2D eigenvalue weighted by molar-refractivity contribution is -0.253. The van der Waals surface area contributed by atoms with Crippen LogP contribution < -0.4 is 10.6 Å². The van der Waals surface area contributed by atoms with Gasteiger partial charge in [-0.25, -0.2) is 4.79 Å². The number of nitrogens with one attached hydrogen (secondary N) is 2. The largest absolute Gasteiger partial charge is 0.392 e. The lowest BCUT2D eigenvalue weighted by Crippen LogP contribution is -2.42. The Balaban J connectivity index is 1.34. The summed E-state index contributed by atoms with van der Waals surface area (Å²) in [5.74, 6) is 0. The van der Waals surface area contributed by atoms with Gasteiger partial charge in [0.25, 0.3) is 0 Å². The van der Waals surface area contributed by atoms with Crippen LogP contribution in [0.1, 0.15) is 82.5 Å². The van der Waals surface area contributed by atoms with Crippen LogP contribution in [-0.2, 0) is 16.1 Å². The second-order valence-electron chi connectivity index (χ2n) is 12.6. The Labute approximate surface area is 226 Å². The second-order valence-corrected chi connectivity index (χ2v) is 12.6. The van der Waals surface area contributed by atoms with E-state index >= 15 is 0 Å². The van der Waals surface area contributed by atoms with Gasteiger partial charge in [-0.15, -0.1) is 0 Å². The molecule has 3 N–H and O–H groups in total. The Hall–Kier alpha value is -2.45. The molecule has 206 valence electrons. The highest BCUT2D eigenvalue weighted by molar-refractivity contribution is 5.89. The maximum atomic E-state index is 11.9. The topological polar surface area (TPSA) is 83.1 Å². The number of hydrogen-bond acceptors (Lipinski definition) is 5. The molecule has 2 aromatic rings. The summed E-state index contributed by atoms with van der Waals surface area (Å²) in [6.45, 7) is 11.8. The quantitative estimate of drug-likeness (QED) is 0.431. The summed E-state index contributed by atoms with van der Waals surface area (Å²) in [5, 5.41) is 15.1. The van der Waals surface area contributed by atoms with Crippen molar-refractivity contribution < 1.29 is 19.4 Å². The number of likely N-dealkylation sites (tertiary alicyclic amines) is 1. The minimum atomic E-state index is -0.496. The van der Waals surface area contributed by atoms with Crippen LogP contribution in [0, 0.1) is 10.8 Å². The number of fused-ring (bicyclic) bond motifs is 2. The van der Waals surface area contributed by atoms with Crippen molar-refractivity contribution >= 4 is 11.7 Å². The highest BCUT2D eigenvalue weighted by Gasteiger charge is 2.50. The summed E-state index contributed by atoms with van der Waals surface area (Å²) >= 11 is 0. The highest BCUT2D eigenvalue weighted by atomic mass is 16.7. The molecular weight excluding hydrogens is 478 g/mol. The number of benzene rings is 2. The molecule has 2 aliphatic heterocycles. The number of nitrogens with zero attached hydrogens (tertiary/aromatic N) is 1. The molecule has 2 amide bonds. The fourth-order valence-electron chi connectivity index (χ4n) is 7.14. The Kier molecular flexibility index (Phi) is 7.83. The zero-order chi connectivity index (χ0) is 26.9. The van der Waals surface area contributed by atoms with Gasteiger partial charge in [0.2, 0.25) is 0 Å². The van der Waals surface area contributed by atoms with Crippen molar-refractivity contribution in [2.45, 2.75) is 84.5 Å². The van der Waals surface area contributed by atoms with Crippen molar-refractivity contribution in [2.24, 2.45) is 10.8 Å². The zero-order valence-corrected chi connectivity index (χ0v) is 23.2. The SMILES string of the molecule is CCNC(=O)Nc1ccc(C2OC(CN3CC4(C)CC3CC(C)(C)C4)CC(c3ccc(CO)cc3)O2)cc1. The van der Waals surface area contributed by atoms with E-state index in [2.05, 4.69) is 48.4 Å². The van der Waals surface area contributed by atoms with E-state index in [-0.39, 0.29) is 24.8 Å². The molecule has 2 heterocycles. The maximum absolute atomic E-state index is 11.9. The number of anilines is 1. The van der Waals surface area contributed by atoms with Crippen LogP contribution in [0.5, 0.6) is 0 Å². The van der Waals surface area contributed by atoms with Crippen LogP contribution in [-0.4, -0.2) is 47.8 Å². The molecule has 1 aliphatic carbocycles. The van der Waals surface area contributed by atoms with Crippen molar-refractivity contribution in [3.63, 3.8) is 0 Å². The van der Waals surface area contributed by atoms with Crippen molar-refractivity contribution in [1.82, 2.24) is 10.2 Å². The fraction of sp³-hybridized carbons (Fsp3) is 0.581. The number of rotatable bonds is 7. The van der Waals surface area contributed by atoms with Crippen LogP contribution in [0.2, 0.25) is 0 Å². The van der Waals surface area contributed by atoms with E-state index in [4.69, 9.17) is 9.47 Å². The molecule has 3 aliphatic rings. The number of hydrogen-bond donors (Lipinski definition) is 3. The van der Waals surface area contributed by atoms with E-state index in [1.165, 1.54) is 19.3 Å². The Morgan fingerprint density at radius 3 is 2.42 bits per heavy atom. The van der Waals surface area contributed by atoms with Crippen molar-refractivity contribution in [2.75, 3.05) is 25.0 Å². The standard InChI is InChI=1S/C31H43N3O4/c1-5-32-29(36)33-24-12-10-23(11-13-24)28-37-26(14-27(38-28)22-8-6-21(18-35)7-9-22)17-34-20-31(4)16-25(34)15-30(2,3)19-31/h6-13,25-28,35H,5,14-20H2,1-4H3,(H2,32,33,36). The van der Waals surface area contributed by atoms with Gasteiger partial charge < -0.3 is 25.2 Å². The first-order valence-corrected chi connectivity index (χ1v) is 14.0. The maximum Gasteiger partial charge on any atom is 0.319 e. The van der Waals surface area contributed by atoms with Gasteiger partial charge in [-0.2, -0.15) is 0 Å². The molecule has 5 atom stereocenters. The number of aliphatic hydroxyl groups is 1.